The lowest BCUT2D eigenvalue weighted by Crippen LogP contribution is -2.50. The first kappa shape index (κ1) is 25.6. The minimum Gasteiger partial charge on any atom is -0.346 e. The number of anilines is 2. The van der Waals surface area contributed by atoms with Crippen molar-refractivity contribution in [2.45, 2.75) is 19.4 Å². The van der Waals surface area contributed by atoms with Gasteiger partial charge in [0.25, 0.3) is 12.3 Å². The Morgan fingerprint density at radius 1 is 0.974 bits per heavy atom. The van der Waals surface area contributed by atoms with E-state index in [-0.39, 0.29) is 48.2 Å². The van der Waals surface area contributed by atoms with Gasteiger partial charge in [0.2, 0.25) is 5.91 Å². The second-order valence-electron chi connectivity index (χ2n) is 9.07. The Hall–Kier alpha value is -4.06. The summed E-state index contributed by atoms with van der Waals surface area (Å²) in [6.07, 6.45) is -2.24. The van der Waals surface area contributed by atoms with E-state index in [1.54, 1.807) is 34.1 Å². The smallest absolute Gasteiger partial charge is 0.257 e. The lowest BCUT2D eigenvalue weighted by atomic mass is 10.1. The summed E-state index contributed by atoms with van der Waals surface area (Å²) in [5.41, 5.74) is 1.41. The highest BCUT2D eigenvalue weighted by molar-refractivity contribution is 6.03. The van der Waals surface area contributed by atoms with Crippen molar-refractivity contribution in [3.05, 3.63) is 70.9 Å². The Kier molecular flexibility index (Phi) is 7.23. The highest BCUT2D eigenvalue weighted by atomic mass is 19.3. The average Bonchev–Trinajstić information content (AvgIpc) is 3.26. The maximum atomic E-state index is 14.4. The number of rotatable bonds is 7. The van der Waals surface area contributed by atoms with Gasteiger partial charge in [-0.3, -0.25) is 14.5 Å². The van der Waals surface area contributed by atoms with Crippen molar-refractivity contribution in [1.29, 1.82) is 0 Å². The SMILES string of the molecule is O=C1NCc2nc(-c3c(F)cccc3F)nc(Nc3ccc(CC(=O)N4CCN(CC(F)F)CC4)cc3)c21. The summed E-state index contributed by atoms with van der Waals surface area (Å²) in [7, 11) is 0. The molecule has 3 aromatic rings. The van der Waals surface area contributed by atoms with Crippen LogP contribution in [0.1, 0.15) is 21.6 Å². The molecule has 0 aliphatic carbocycles. The largest absolute Gasteiger partial charge is 0.346 e. The van der Waals surface area contributed by atoms with Gasteiger partial charge in [-0.1, -0.05) is 18.2 Å². The number of piperazine rings is 1. The number of alkyl halides is 2. The molecule has 0 unspecified atom stereocenters. The molecule has 3 heterocycles. The Bertz CT molecular complexity index is 1340. The molecule has 198 valence electrons. The molecule has 38 heavy (non-hydrogen) atoms. The van der Waals surface area contributed by atoms with Crippen LogP contribution < -0.4 is 10.6 Å². The van der Waals surface area contributed by atoms with Crippen molar-refractivity contribution >= 4 is 23.3 Å². The Balaban J connectivity index is 1.30. The quantitative estimate of drug-likeness (QED) is 0.458. The van der Waals surface area contributed by atoms with E-state index in [9.17, 15) is 27.2 Å². The summed E-state index contributed by atoms with van der Waals surface area (Å²) in [4.78, 5) is 36.9. The molecule has 2 amide bonds. The van der Waals surface area contributed by atoms with Crippen LogP contribution in [0.3, 0.4) is 0 Å². The fraction of sp³-hybridized carbons (Fsp3) is 0.308. The predicted octanol–water partition coefficient (Wildman–Crippen LogP) is 3.36. The van der Waals surface area contributed by atoms with Crippen LogP contribution in [0.2, 0.25) is 0 Å². The van der Waals surface area contributed by atoms with Crippen molar-refractivity contribution in [2.24, 2.45) is 0 Å². The van der Waals surface area contributed by atoms with Gasteiger partial charge >= 0.3 is 0 Å². The maximum Gasteiger partial charge on any atom is 0.257 e. The predicted molar refractivity (Wildman–Crippen MR) is 131 cm³/mol. The number of benzene rings is 2. The zero-order valence-corrected chi connectivity index (χ0v) is 20.2. The average molecular weight is 529 g/mol. The fourth-order valence-electron chi connectivity index (χ4n) is 4.54. The van der Waals surface area contributed by atoms with Crippen LogP contribution in [0.25, 0.3) is 11.4 Å². The molecule has 2 N–H and O–H groups in total. The summed E-state index contributed by atoms with van der Waals surface area (Å²) in [6.45, 7) is 1.44. The highest BCUT2D eigenvalue weighted by Crippen LogP contribution is 2.30. The zero-order chi connectivity index (χ0) is 26.8. The topological polar surface area (TPSA) is 90.5 Å². The van der Waals surface area contributed by atoms with Gasteiger partial charge in [0.1, 0.15) is 23.0 Å². The Morgan fingerprint density at radius 2 is 1.66 bits per heavy atom. The first-order chi connectivity index (χ1) is 18.3. The zero-order valence-electron chi connectivity index (χ0n) is 20.2. The van der Waals surface area contributed by atoms with E-state index in [1.807, 2.05) is 0 Å². The van der Waals surface area contributed by atoms with E-state index < -0.39 is 24.0 Å². The number of nitrogens with one attached hydrogen (secondary N) is 2. The van der Waals surface area contributed by atoms with E-state index in [4.69, 9.17) is 0 Å². The molecule has 8 nitrogen and oxygen atoms in total. The minimum atomic E-state index is -2.39. The molecule has 2 aliphatic heterocycles. The van der Waals surface area contributed by atoms with Crippen molar-refractivity contribution in [2.75, 3.05) is 38.0 Å². The third-order valence-electron chi connectivity index (χ3n) is 6.51. The monoisotopic (exact) mass is 528 g/mol. The van der Waals surface area contributed by atoms with Gasteiger partial charge in [0, 0.05) is 31.9 Å². The normalized spacial score (nSPS) is 15.5. The van der Waals surface area contributed by atoms with Crippen LogP contribution in [-0.2, 0) is 17.8 Å². The van der Waals surface area contributed by atoms with E-state index in [0.717, 1.165) is 17.7 Å². The summed E-state index contributed by atoms with van der Waals surface area (Å²) >= 11 is 0. The molecule has 0 spiro atoms. The number of hydrogen-bond acceptors (Lipinski definition) is 6. The maximum absolute atomic E-state index is 14.4. The van der Waals surface area contributed by atoms with Gasteiger partial charge in [-0.25, -0.2) is 27.5 Å². The van der Waals surface area contributed by atoms with Crippen LogP contribution in [0, 0.1) is 11.6 Å². The van der Waals surface area contributed by atoms with Crippen molar-refractivity contribution in [1.82, 2.24) is 25.1 Å². The molecule has 1 saturated heterocycles. The standard InChI is InChI=1S/C26H24F4N6O2/c27-17-2-1-3-18(28)22(17)24-33-19-13-31-26(38)23(19)25(34-24)32-16-6-4-15(5-7-16)12-21(37)36-10-8-35(9-11-36)14-20(29)30/h1-7,20H,8-14H2,(H,31,38)(H,32,33,34). The number of carbonyl (C=O) groups excluding carboxylic acids is 2. The molecular weight excluding hydrogens is 504 g/mol. The van der Waals surface area contributed by atoms with Crippen molar-refractivity contribution in [3.8, 4) is 11.4 Å². The molecule has 12 heteroatoms. The Morgan fingerprint density at radius 3 is 2.32 bits per heavy atom. The number of halogens is 4. The number of nitrogens with zero attached hydrogens (tertiary/aromatic N) is 4. The first-order valence-corrected chi connectivity index (χ1v) is 12.1. The minimum absolute atomic E-state index is 0.0933. The van der Waals surface area contributed by atoms with Crippen molar-refractivity contribution < 1.29 is 27.2 Å². The van der Waals surface area contributed by atoms with E-state index in [2.05, 4.69) is 20.6 Å². The Labute approximate surface area is 215 Å². The van der Waals surface area contributed by atoms with E-state index in [0.29, 0.717) is 37.6 Å². The van der Waals surface area contributed by atoms with E-state index in [1.165, 1.54) is 6.07 Å². The lowest BCUT2D eigenvalue weighted by Gasteiger charge is -2.34. The lowest BCUT2D eigenvalue weighted by molar-refractivity contribution is -0.132. The summed E-state index contributed by atoms with van der Waals surface area (Å²) in [5, 5.41) is 5.67. The molecule has 0 bridgehead atoms. The highest BCUT2D eigenvalue weighted by Gasteiger charge is 2.28. The summed E-state index contributed by atoms with van der Waals surface area (Å²) in [5.74, 6) is -2.22. The van der Waals surface area contributed by atoms with Gasteiger partial charge in [0.05, 0.1) is 30.8 Å². The fourth-order valence-corrected chi connectivity index (χ4v) is 4.54. The molecule has 1 aromatic heterocycles. The van der Waals surface area contributed by atoms with Crippen LogP contribution in [0.15, 0.2) is 42.5 Å². The molecular formula is C26H24F4N6O2. The number of amides is 2. The van der Waals surface area contributed by atoms with Crippen LogP contribution in [0.5, 0.6) is 0 Å². The summed E-state index contributed by atoms with van der Waals surface area (Å²) < 4.78 is 53.9. The van der Waals surface area contributed by atoms with Crippen LogP contribution >= 0.6 is 0 Å². The molecule has 0 atom stereocenters. The third kappa shape index (κ3) is 5.44. The molecule has 2 aromatic carbocycles. The first-order valence-electron chi connectivity index (χ1n) is 12.1. The van der Waals surface area contributed by atoms with Crippen LogP contribution in [-0.4, -0.2) is 70.7 Å². The summed E-state index contributed by atoms with van der Waals surface area (Å²) in [6, 6.07) is 10.3. The number of carbonyl (C=O) groups is 2. The third-order valence-corrected chi connectivity index (χ3v) is 6.51. The van der Waals surface area contributed by atoms with Gasteiger partial charge in [0.15, 0.2) is 5.82 Å². The second kappa shape index (κ2) is 10.7. The molecule has 2 aliphatic rings. The van der Waals surface area contributed by atoms with E-state index >= 15 is 0 Å². The van der Waals surface area contributed by atoms with Gasteiger partial charge in [-0.05, 0) is 29.8 Å². The number of hydrogen-bond donors (Lipinski definition) is 2. The van der Waals surface area contributed by atoms with Gasteiger partial charge < -0.3 is 15.5 Å². The molecule has 5 rings (SSSR count). The van der Waals surface area contributed by atoms with Crippen LogP contribution in [0.4, 0.5) is 29.1 Å². The molecule has 0 radical (unpaired) electrons. The number of aromatic nitrogens is 2. The van der Waals surface area contributed by atoms with Gasteiger partial charge in [-0.2, -0.15) is 0 Å². The van der Waals surface area contributed by atoms with Crippen molar-refractivity contribution in [3.63, 3.8) is 0 Å². The van der Waals surface area contributed by atoms with Gasteiger partial charge in [-0.15, -0.1) is 0 Å². The number of fused-ring (bicyclic) bond motifs is 1. The molecule has 1 fully saturated rings. The second-order valence-corrected chi connectivity index (χ2v) is 9.07. The molecule has 0 saturated carbocycles.